The van der Waals surface area contributed by atoms with Gasteiger partial charge in [0.25, 0.3) is 0 Å². The number of methoxy groups -OCH3 is 1. The lowest BCUT2D eigenvalue weighted by Gasteiger charge is -2.10. The molecular weight excluding hydrogens is 230 g/mol. The Morgan fingerprint density at radius 1 is 1.39 bits per heavy atom. The zero-order chi connectivity index (χ0) is 13.1. The first kappa shape index (κ1) is 12.3. The molecule has 0 aliphatic carbocycles. The van der Waals surface area contributed by atoms with E-state index in [0.29, 0.717) is 23.2 Å². The molecule has 1 aromatic heterocycles. The SMILES string of the molecule is COc1cc(N)ccc1-c1nnnn1CC(C)C. The highest BCUT2D eigenvalue weighted by atomic mass is 16.5. The van der Waals surface area contributed by atoms with Crippen molar-refractivity contribution in [2.24, 2.45) is 5.92 Å². The van der Waals surface area contributed by atoms with E-state index >= 15 is 0 Å². The minimum atomic E-state index is 0.465. The first-order valence-corrected chi connectivity index (χ1v) is 5.82. The van der Waals surface area contributed by atoms with Crippen LogP contribution in [0.3, 0.4) is 0 Å². The number of anilines is 1. The summed E-state index contributed by atoms with van der Waals surface area (Å²) in [5.74, 6) is 1.84. The lowest BCUT2D eigenvalue weighted by Crippen LogP contribution is -2.08. The maximum absolute atomic E-state index is 5.74. The van der Waals surface area contributed by atoms with Crippen molar-refractivity contribution in [3.8, 4) is 17.1 Å². The summed E-state index contributed by atoms with van der Waals surface area (Å²) < 4.78 is 7.10. The third-order valence-electron chi connectivity index (χ3n) is 2.54. The number of nitrogen functional groups attached to an aromatic ring is 1. The van der Waals surface area contributed by atoms with Crippen molar-refractivity contribution in [3.63, 3.8) is 0 Å². The quantitative estimate of drug-likeness (QED) is 0.830. The van der Waals surface area contributed by atoms with E-state index in [-0.39, 0.29) is 0 Å². The molecule has 6 nitrogen and oxygen atoms in total. The standard InChI is InChI=1S/C12H17N5O/c1-8(2)7-17-12(14-15-16-17)10-5-4-9(13)6-11(10)18-3/h4-6,8H,7,13H2,1-3H3. The van der Waals surface area contributed by atoms with Gasteiger partial charge in [-0.25, -0.2) is 4.68 Å². The molecule has 2 aromatic rings. The summed E-state index contributed by atoms with van der Waals surface area (Å²) in [6.45, 7) is 4.99. The monoisotopic (exact) mass is 247 g/mol. The van der Waals surface area contributed by atoms with Crippen molar-refractivity contribution in [3.05, 3.63) is 18.2 Å². The second-order valence-electron chi connectivity index (χ2n) is 4.54. The van der Waals surface area contributed by atoms with E-state index in [4.69, 9.17) is 10.5 Å². The van der Waals surface area contributed by atoms with E-state index in [1.54, 1.807) is 17.9 Å². The molecule has 96 valence electrons. The summed E-state index contributed by atoms with van der Waals surface area (Å²) in [5, 5.41) is 11.8. The number of rotatable bonds is 4. The normalized spacial score (nSPS) is 10.9. The van der Waals surface area contributed by atoms with Crippen LogP contribution in [0.25, 0.3) is 11.4 Å². The minimum absolute atomic E-state index is 0.465. The van der Waals surface area contributed by atoms with Gasteiger partial charge < -0.3 is 10.5 Å². The van der Waals surface area contributed by atoms with Gasteiger partial charge in [0.05, 0.1) is 12.7 Å². The average Bonchev–Trinajstić information content (AvgIpc) is 2.76. The van der Waals surface area contributed by atoms with Gasteiger partial charge in [-0.1, -0.05) is 13.8 Å². The van der Waals surface area contributed by atoms with Crippen LogP contribution in [0, 0.1) is 5.92 Å². The molecule has 0 aliphatic rings. The molecule has 6 heteroatoms. The summed E-state index contributed by atoms with van der Waals surface area (Å²) in [4.78, 5) is 0. The number of hydrogen-bond donors (Lipinski definition) is 1. The predicted molar refractivity (Wildman–Crippen MR) is 69.1 cm³/mol. The van der Waals surface area contributed by atoms with Crippen LogP contribution in [-0.4, -0.2) is 27.3 Å². The number of tetrazole rings is 1. The van der Waals surface area contributed by atoms with Gasteiger partial charge in [-0.05, 0) is 28.5 Å². The van der Waals surface area contributed by atoms with Gasteiger partial charge in [0.15, 0.2) is 5.82 Å². The molecule has 0 radical (unpaired) electrons. The van der Waals surface area contributed by atoms with E-state index in [1.807, 2.05) is 12.1 Å². The van der Waals surface area contributed by atoms with Gasteiger partial charge >= 0.3 is 0 Å². The third-order valence-corrected chi connectivity index (χ3v) is 2.54. The Morgan fingerprint density at radius 3 is 2.83 bits per heavy atom. The first-order valence-electron chi connectivity index (χ1n) is 5.82. The van der Waals surface area contributed by atoms with Gasteiger partial charge in [-0.3, -0.25) is 0 Å². The molecule has 0 bridgehead atoms. The van der Waals surface area contributed by atoms with Gasteiger partial charge in [0.1, 0.15) is 5.75 Å². The summed E-state index contributed by atoms with van der Waals surface area (Å²) >= 11 is 0. The number of nitrogens with zero attached hydrogens (tertiary/aromatic N) is 4. The second-order valence-corrected chi connectivity index (χ2v) is 4.54. The topological polar surface area (TPSA) is 78.8 Å². The maximum Gasteiger partial charge on any atom is 0.185 e. The zero-order valence-electron chi connectivity index (χ0n) is 10.8. The fourth-order valence-electron chi connectivity index (χ4n) is 1.76. The Bertz CT molecular complexity index is 535. The molecule has 0 unspecified atom stereocenters. The molecule has 0 atom stereocenters. The van der Waals surface area contributed by atoms with E-state index < -0.39 is 0 Å². The van der Waals surface area contributed by atoms with Crippen LogP contribution in [0.2, 0.25) is 0 Å². The Balaban J connectivity index is 2.45. The Hall–Kier alpha value is -2.11. The minimum Gasteiger partial charge on any atom is -0.496 e. The van der Waals surface area contributed by atoms with Crippen LogP contribution in [0.15, 0.2) is 18.2 Å². The van der Waals surface area contributed by atoms with Gasteiger partial charge in [0.2, 0.25) is 0 Å². The van der Waals surface area contributed by atoms with Gasteiger partial charge in [-0.15, -0.1) is 5.10 Å². The first-order chi connectivity index (χ1) is 8.61. The van der Waals surface area contributed by atoms with Crippen molar-refractivity contribution in [2.45, 2.75) is 20.4 Å². The van der Waals surface area contributed by atoms with E-state index in [1.165, 1.54) is 0 Å². The number of benzene rings is 1. The summed E-state index contributed by atoms with van der Waals surface area (Å²) in [7, 11) is 1.61. The molecule has 1 heterocycles. The molecule has 18 heavy (non-hydrogen) atoms. The maximum atomic E-state index is 5.74. The van der Waals surface area contributed by atoms with Crippen LogP contribution < -0.4 is 10.5 Å². The van der Waals surface area contributed by atoms with Crippen molar-refractivity contribution >= 4 is 5.69 Å². The molecular formula is C12H17N5O. The van der Waals surface area contributed by atoms with Crippen LogP contribution in [0.4, 0.5) is 5.69 Å². The lowest BCUT2D eigenvalue weighted by atomic mass is 10.1. The van der Waals surface area contributed by atoms with Crippen molar-refractivity contribution in [1.29, 1.82) is 0 Å². The molecule has 0 saturated heterocycles. The Labute approximate surface area is 106 Å². The fourth-order valence-corrected chi connectivity index (χ4v) is 1.76. The van der Waals surface area contributed by atoms with E-state index in [0.717, 1.165) is 12.1 Å². The van der Waals surface area contributed by atoms with Gasteiger partial charge in [-0.2, -0.15) is 0 Å². The highest BCUT2D eigenvalue weighted by Gasteiger charge is 2.14. The highest BCUT2D eigenvalue weighted by molar-refractivity contribution is 5.67. The summed E-state index contributed by atoms with van der Waals surface area (Å²) in [6.07, 6.45) is 0. The smallest absolute Gasteiger partial charge is 0.185 e. The second kappa shape index (κ2) is 5.03. The third kappa shape index (κ3) is 2.42. The number of aromatic nitrogens is 4. The molecule has 0 amide bonds. The van der Waals surface area contributed by atoms with Crippen molar-refractivity contribution < 1.29 is 4.74 Å². The van der Waals surface area contributed by atoms with Crippen LogP contribution in [-0.2, 0) is 6.54 Å². The molecule has 0 saturated carbocycles. The summed E-state index contributed by atoms with van der Waals surface area (Å²) in [5.41, 5.74) is 7.23. The molecule has 0 spiro atoms. The molecule has 1 aromatic carbocycles. The number of ether oxygens (including phenoxy) is 1. The number of nitrogens with two attached hydrogens (primary N) is 1. The Morgan fingerprint density at radius 2 is 2.17 bits per heavy atom. The largest absolute Gasteiger partial charge is 0.496 e. The van der Waals surface area contributed by atoms with E-state index in [9.17, 15) is 0 Å². The average molecular weight is 247 g/mol. The van der Waals surface area contributed by atoms with E-state index in [2.05, 4.69) is 29.4 Å². The lowest BCUT2D eigenvalue weighted by molar-refractivity contribution is 0.415. The van der Waals surface area contributed by atoms with Crippen LogP contribution in [0.5, 0.6) is 5.75 Å². The fraction of sp³-hybridized carbons (Fsp3) is 0.417. The van der Waals surface area contributed by atoms with Crippen molar-refractivity contribution in [1.82, 2.24) is 20.2 Å². The predicted octanol–water partition coefficient (Wildman–Crippen LogP) is 1.59. The zero-order valence-corrected chi connectivity index (χ0v) is 10.8. The van der Waals surface area contributed by atoms with Gasteiger partial charge in [0, 0.05) is 18.3 Å². The van der Waals surface area contributed by atoms with Crippen LogP contribution in [0.1, 0.15) is 13.8 Å². The summed E-state index contributed by atoms with van der Waals surface area (Å²) in [6, 6.07) is 5.45. The highest BCUT2D eigenvalue weighted by Crippen LogP contribution is 2.30. The Kier molecular flexibility index (Phi) is 3.45. The molecule has 0 fully saturated rings. The number of hydrogen-bond acceptors (Lipinski definition) is 5. The molecule has 0 aliphatic heterocycles. The van der Waals surface area contributed by atoms with Crippen molar-refractivity contribution in [2.75, 3.05) is 12.8 Å². The van der Waals surface area contributed by atoms with Crippen LogP contribution >= 0.6 is 0 Å². The molecule has 2 rings (SSSR count). The molecule has 2 N–H and O–H groups in total.